The van der Waals surface area contributed by atoms with Crippen LogP contribution in [0.3, 0.4) is 0 Å². The van der Waals surface area contributed by atoms with Crippen LogP contribution in [0.25, 0.3) is 0 Å². The molecule has 234 valence electrons. The summed E-state index contributed by atoms with van der Waals surface area (Å²) in [6, 6.07) is 13.8. The maximum atomic E-state index is 13.3. The van der Waals surface area contributed by atoms with Crippen molar-refractivity contribution in [3.05, 3.63) is 65.7 Å². The van der Waals surface area contributed by atoms with E-state index in [-0.39, 0.29) is 48.1 Å². The maximum Gasteiger partial charge on any atom is 0.240 e. The summed E-state index contributed by atoms with van der Waals surface area (Å²) in [6.45, 7) is 10.6. The van der Waals surface area contributed by atoms with E-state index in [0.29, 0.717) is 11.1 Å². The van der Waals surface area contributed by atoms with Gasteiger partial charge in [0.05, 0.1) is 16.9 Å². The number of rotatable bonds is 16. The largest absolute Gasteiger partial charge is 0.346 e. The van der Waals surface area contributed by atoms with Gasteiger partial charge in [0.2, 0.25) is 21.7 Å². The Morgan fingerprint density at radius 2 is 1.42 bits per heavy atom. The van der Waals surface area contributed by atoms with E-state index in [2.05, 4.69) is 10.0 Å². The Morgan fingerprint density at radius 3 is 1.93 bits per heavy atom. The van der Waals surface area contributed by atoms with Crippen molar-refractivity contribution in [3.63, 3.8) is 0 Å². The van der Waals surface area contributed by atoms with Crippen LogP contribution >= 0.6 is 0 Å². The van der Waals surface area contributed by atoms with Crippen molar-refractivity contribution >= 4 is 39.1 Å². The molecule has 0 saturated carbocycles. The molecule has 1 amide bonds. The number of ketones is 4. The van der Waals surface area contributed by atoms with E-state index in [1.165, 1.54) is 19.2 Å². The summed E-state index contributed by atoms with van der Waals surface area (Å²) in [5.41, 5.74) is 0.654. The molecule has 10 heteroatoms. The average molecular weight is 613 g/mol. The second kappa shape index (κ2) is 15.3. The van der Waals surface area contributed by atoms with Crippen molar-refractivity contribution in [3.8, 4) is 0 Å². The van der Waals surface area contributed by atoms with Gasteiger partial charge in [-0.2, -0.15) is 0 Å². The second-order valence-electron chi connectivity index (χ2n) is 12.3. The fourth-order valence-corrected chi connectivity index (χ4v) is 5.41. The number of Topliss-reactive ketones (excluding diaryl/α,β-unsaturated/α-hetero) is 4. The third kappa shape index (κ3) is 10.3. The van der Waals surface area contributed by atoms with Gasteiger partial charge >= 0.3 is 0 Å². The van der Waals surface area contributed by atoms with E-state index in [1.54, 1.807) is 63.2 Å². The zero-order valence-electron chi connectivity index (χ0n) is 26.1. The number of hydrogen-bond donors (Lipinski definition) is 2. The van der Waals surface area contributed by atoms with Gasteiger partial charge in [-0.25, -0.2) is 13.1 Å². The molecule has 3 atom stereocenters. The first-order valence-corrected chi connectivity index (χ1v) is 16.0. The van der Waals surface area contributed by atoms with Crippen LogP contribution in [0.15, 0.2) is 59.5 Å². The van der Waals surface area contributed by atoms with Gasteiger partial charge in [-0.1, -0.05) is 77.1 Å². The van der Waals surface area contributed by atoms with E-state index in [0.717, 1.165) is 0 Å². The smallest absolute Gasteiger partial charge is 0.240 e. The molecule has 0 fully saturated rings. The number of nitrogens with one attached hydrogen (secondary N) is 2. The molecule has 9 nitrogen and oxygen atoms in total. The molecule has 43 heavy (non-hydrogen) atoms. The number of amides is 1. The van der Waals surface area contributed by atoms with Gasteiger partial charge in [-0.3, -0.25) is 24.0 Å². The van der Waals surface area contributed by atoms with Crippen LogP contribution in [0.2, 0.25) is 0 Å². The van der Waals surface area contributed by atoms with Crippen LogP contribution in [0, 0.1) is 23.2 Å². The van der Waals surface area contributed by atoms with Crippen LogP contribution in [0.1, 0.15) is 76.7 Å². The van der Waals surface area contributed by atoms with Crippen molar-refractivity contribution in [1.82, 2.24) is 10.0 Å². The molecule has 0 aliphatic heterocycles. The van der Waals surface area contributed by atoms with Crippen molar-refractivity contribution in [2.45, 2.75) is 78.2 Å². The second-order valence-corrected chi connectivity index (χ2v) is 14.2. The highest BCUT2D eigenvalue weighted by atomic mass is 32.2. The monoisotopic (exact) mass is 612 g/mol. The van der Waals surface area contributed by atoms with Gasteiger partial charge in [0.1, 0.15) is 0 Å². The molecule has 0 saturated heterocycles. The van der Waals surface area contributed by atoms with Crippen molar-refractivity contribution in [2.24, 2.45) is 23.2 Å². The zero-order valence-corrected chi connectivity index (χ0v) is 26.9. The lowest BCUT2D eigenvalue weighted by atomic mass is 9.76. The molecule has 0 aliphatic rings. The Balaban J connectivity index is 2.02. The molecule has 2 aromatic rings. The van der Waals surface area contributed by atoms with Gasteiger partial charge in [0.25, 0.3) is 0 Å². The molecule has 0 unspecified atom stereocenters. The Kier molecular flexibility index (Phi) is 12.7. The van der Waals surface area contributed by atoms with Crippen LogP contribution in [-0.2, 0) is 35.6 Å². The third-order valence-electron chi connectivity index (χ3n) is 7.67. The summed E-state index contributed by atoms with van der Waals surface area (Å²) in [6.07, 6.45) is -0.0613. The predicted octanol–water partition coefficient (Wildman–Crippen LogP) is 4.34. The first-order valence-electron chi connectivity index (χ1n) is 14.5. The molecular weight excluding hydrogens is 568 g/mol. The number of hydrogen-bond acceptors (Lipinski definition) is 7. The van der Waals surface area contributed by atoms with Gasteiger partial charge in [0, 0.05) is 30.7 Å². The molecule has 0 heterocycles. The van der Waals surface area contributed by atoms with E-state index >= 15 is 0 Å². The molecule has 0 bridgehead atoms. The van der Waals surface area contributed by atoms with E-state index < -0.39 is 50.8 Å². The number of aryl methyl sites for hydroxylation is 1. The molecule has 0 aliphatic carbocycles. The van der Waals surface area contributed by atoms with Gasteiger partial charge in [0.15, 0.2) is 17.3 Å². The number of carbonyl (C=O) groups is 5. The fraction of sp³-hybridized carbons (Fsp3) is 0.485. The van der Waals surface area contributed by atoms with Crippen molar-refractivity contribution < 1.29 is 32.4 Å². The minimum Gasteiger partial charge on any atom is -0.346 e. The highest BCUT2D eigenvalue weighted by Crippen LogP contribution is 2.30. The number of carbonyl (C=O) groups excluding carboxylic acids is 5. The quantitative estimate of drug-likeness (QED) is 0.212. The van der Waals surface area contributed by atoms with Crippen LogP contribution in [-0.4, -0.2) is 50.5 Å². The molecule has 2 aromatic carbocycles. The van der Waals surface area contributed by atoms with Gasteiger partial charge in [-0.15, -0.1) is 0 Å². The van der Waals surface area contributed by atoms with Gasteiger partial charge in [-0.05, 0) is 49.4 Å². The summed E-state index contributed by atoms with van der Waals surface area (Å²) >= 11 is 0. The molecular formula is C33H44N2O7S. The Bertz CT molecular complexity index is 1410. The van der Waals surface area contributed by atoms with Crippen LogP contribution in [0.4, 0.5) is 0 Å². The topological polar surface area (TPSA) is 144 Å². The van der Waals surface area contributed by atoms with Crippen LogP contribution in [0.5, 0.6) is 0 Å². The van der Waals surface area contributed by atoms with E-state index in [9.17, 15) is 32.4 Å². The summed E-state index contributed by atoms with van der Waals surface area (Å²) in [5, 5.41) is 2.74. The Labute approximate surface area is 255 Å². The molecule has 2 rings (SSSR count). The lowest BCUT2D eigenvalue weighted by Crippen LogP contribution is -2.46. The van der Waals surface area contributed by atoms with Crippen molar-refractivity contribution in [2.75, 3.05) is 7.05 Å². The number of benzene rings is 2. The normalized spacial score (nSPS) is 14.0. The van der Waals surface area contributed by atoms with Gasteiger partial charge < -0.3 is 5.32 Å². The third-order valence-corrected chi connectivity index (χ3v) is 9.10. The van der Waals surface area contributed by atoms with E-state index in [1.807, 2.05) is 20.8 Å². The summed E-state index contributed by atoms with van der Waals surface area (Å²) in [7, 11) is -2.26. The Hall–Kier alpha value is -3.50. The lowest BCUT2D eigenvalue weighted by molar-refractivity contribution is -0.141. The van der Waals surface area contributed by atoms with Crippen molar-refractivity contribution in [1.29, 1.82) is 0 Å². The molecule has 2 N–H and O–H groups in total. The SMILES string of the molecule is CNS(=O)(=O)c1ccc(CCC(=O)C(=O)[C@@H](CC(=O)[C@H](C)NC(=O)[C@@H](CC(=O)c2ccccc2)C(C)(C)C)C(C)C)cc1. The summed E-state index contributed by atoms with van der Waals surface area (Å²) in [4.78, 5) is 65.3. The highest BCUT2D eigenvalue weighted by Gasteiger charge is 2.36. The average Bonchev–Trinajstić information content (AvgIpc) is 2.96. The summed E-state index contributed by atoms with van der Waals surface area (Å²) in [5.74, 6) is -4.05. The molecule has 0 radical (unpaired) electrons. The molecule has 0 aromatic heterocycles. The molecule has 0 spiro atoms. The lowest BCUT2D eigenvalue weighted by Gasteiger charge is -2.30. The first kappa shape index (κ1) is 35.7. The van der Waals surface area contributed by atoms with E-state index in [4.69, 9.17) is 0 Å². The Morgan fingerprint density at radius 1 is 0.837 bits per heavy atom. The minimum atomic E-state index is -3.58. The minimum absolute atomic E-state index is 0.0180. The maximum absolute atomic E-state index is 13.3. The zero-order chi connectivity index (χ0) is 32.5. The highest BCUT2D eigenvalue weighted by molar-refractivity contribution is 7.89. The predicted molar refractivity (Wildman–Crippen MR) is 165 cm³/mol. The standard InChI is InChI=1S/C33H44N2O7S/c1-21(2)26(31(39)28(36)18-15-23-13-16-25(17-14-23)43(41,42)34-7)19-29(37)22(3)35-32(40)27(33(4,5)6)20-30(38)24-11-9-8-10-12-24/h8-14,16-17,21-22,26-27,34H,15,18-20H2,1-7H3,(H,35,40)/t22-,26-,27+/m0/s1. The fourth-order valence-electron chi connectivity index (χ4n) is 4.68. The number of sulfonamides is 1. The summed E-state index contributed by atoms with van der Waals surface area (Å²) < 4.78 is 26.0. The van der Waals surface area contributed by atoms with Crippen LogP contribution < -0.4 is 10.0 Å². The first-order chi connectivity index (χ1) is 20.0.